The second kappa shape index (κ2) is 5.02. The highest BCUT2D eigenvalue weighted by Crippen LogP contribution is 2.23. The molecule has 4 heteroatoms. The van der Waals surface area contributed by atoms with Crippen molar-refractivity contribution in [2.24, 2.45) is 5.73 Å². The van der Waals surface area contributed by atoms with Crippen LogP contribution in [0.1, 0.15) is 11.1 Å². The first-order valence-electron chi connectivity index (χ1n) is 5.92. The Hall–Kier alpha value is -1.13. The molecular formula is C13H19N3S. The van der Waals surface area contributed by atoms with E-state index in [1.54, 1.807) is 0 Å². The minimum absolute atomic E-state index is 0.485. The van der Waals surface area contributed by atoms with Crippen LogP contribution < -0.4 is 10.6 Å². The SMILES string of the molecule is Cc1ccc(C(N)=S)c(N2CCN(C)CC2)c1. The number of aryl methyl sites for hydroxylation is 1. The van der Waals surface area contributed by atoms with Crippen molar-refractivity contribution >= 4 is 22.9 Å². The van der Waals surface area contributed by atoms with E-state index in [1.165, 1.54) is 11.3 Å². The lowest BCUT2D eigenvalue weighted by atomic mass is 10.1. The largest absolute Gasteiger partial charge is 0.389 e. The van der Waals surface area contributed by atoms with Gasteiger partial charge in [0.25, 0.3) is 0 Å². The summed E-state index contributed by atoms with van der Waals surface area (Å²) in [5.41, 5.74) is 9.22. The molecular weight excluding hydrogens is 230 g/mol. The van der Waals surface area contributed by atoms with Crippen molar-refractivity contribution < 1.29 is 0 Å². The molecule has 1 aliphatic heterocycles. The summed E-state index contributed by atoms with van der Waals surface area (Å²) in [5, 5.41) is 0. The smallest absolute Gasteiger partial charge is 0.106 e. The van der Waals surface area contributed by atoms with Gasteiger partial charge in [0.1, 0.15) is 4.99 Å². The van der Waals surface area contributed by atoms with Gasteiger partial charge in [-0.05, 0) is 31.7 Å². The molecule has 17 heavy (non-hydrogen) atoms. The molecule has 92 valence electrons. The molecule has 0 radical (unpaired) electrons. The quantitative estimate of drug-likeness (QED) is 0.803. The lowest BCUT2D eigenvalue weighted by Gasteiger charge is -2.35. The molecule has 0 saturated carbocycles. The minimum atomic E-state index is 0.485. The molecule has 1 fully saturated rings. The molecule has 1 aromatic carbocycles. The second-order valence-electron chi connectivity index (χ2n) is 4.68. The van der Waals surface area contributed by atoms with E-state index in [0.29, 0.717) is 4.99 Å². The number of nitrogens with zero attached hydrogens (tertiary/aromatic N) is 2. The molecule has 0 spiro atoms. The fraction of sp³-hybridized carbons (Fsp3) is 0.462. The lowest BCUT2D eigenvalue weighted by Crippen LogP contribution is -2.45. The van der Waals surface area contributed by atoms with Gasteiger partial charge >= 0.3 is 0 Å². The van der Waals surface area contributed by atoms with Crippen LogP contribution in [0.4, 0.5) is 5.69 Å². The van der Waals surface area contributed by atoms with Gasteiger partial charge in [-0.3, -0.25) is 0 Å². The van der Waals surface area contributed by atoms with Crippen molar-refractivity contribution in [3.63, 3.8) is 0 Å². The number of piperazine rings is 1. The molecule has 0 aliphatic carbocycles. The van der Waals surface area contributed by atoms with Crippen molar-refractivity contribution in [2.45, 2.75) is 6.92 Å². The number of rotatable bonds is 2. The highest BCUT2D eigenvalue weighted by Gasteiger charge is 2.17. The first-order valence-corrected chi connectivity index (χ1v) is 6.32. The Labute approximate surface area is 108 Å². The third-order valence-electron chi connectivity index (χ3n) is 3.26. The van der Waals surface area contributed by atoms with Crippen molar-refractivity contribution in [3.8, 4) is 0 Å². The average Bonchev–Trinajstić information content (AvgIpc) is 2.29. The van der Waals surface area contributed by atoms with Crippen LogP contribution in [0, 0.1) is 6.92 Å². The summed E-state index contributed by atoms with van der Waals surface area (Å²) in [6.45, 7) is 6.35. The summed E-state index contributed by atoms with van der Waals surface area (Å²) >= 11 is 5.13. The van der Waals surface area contributed by atoms with E-state index in [0.717, 1.165) is 31.7 Å². The standard InChI is InChI=1S/C13H19N3S/c1-10-3-4-11(13(14)17)12(9-10)16-7-5-15(2)6-8-16/h3-4,9H,5-8H2,1-2H3,(H2,14,17). The van der Waals surface area contributed by atoms with Crippen molar-refractivity contribution in [1.29, 1.82) is 0 Å². The van der Waals surface area contributed by atoms with Gasteiger partial charge in [-0.15, -0.1) is 0 Å². The van der Waals surface area contributed by atoms with E-state index >= 15 is 0 Å². The zero-order valence-electron chi connectivity index (χ0n) is 10.4. The molecule has 1 saturated heterocycles. The molecule has 0 amide bonds. The van der Waals surface area contributed by atoms with E-state index < -0.39 is 0 Å². The summed E-state index contributed by atoms with van der Waals surface area (Å²) in [5.74, 6) is 0. The topological polar surface area (TPSA) is 32.5 Å². The summed E-state index contributed by atoms with van der Waals surface area (Å²) in [4.78, 5) is 5.20. The van der Waals surface area contributed by atoms with Gasteiger partial charge in [-0.2, -0.15) is 0 Å². The third-order valence-corrected chi connectivity index (χ3v) is 3.48. The van der Waals surface area contributed by atoms with Gasteiger partial charge in [0.2, 0.25) is 0 Å². The number of anilines is 1. The normalized spacial score (nSPS) is 17.2. The van der Waals surface area contributed by atoms with Gasteiger partial charge in [-0.1, -0.05) is 18.3 Å². The highest BCUT2D eigenvalue weighted by atomic mass is 32.1. The Kier molecular flexibility index (Phi) is 3.64. The van der Waals surface area contributed by atoms with Gasteiger partial charge in [-0.25, -0.2) is 0 Å². The Balaban J connectivity index is 2.30. The molecule has 1 heterocycles. The van der Waals surface area contributed by atoms with Crippen LogP contribution in [0.3, 0.4) is 0 Å². The van der Waals surface area contributed by atoms with E-state index in [-0.39, 0.29) is 0 Å². The van der Waals surface area contributed by atoms with Gasteiger partial charge in [0.15, 0.2) is 0 Å². The lowest BCUT2D eigenvalue weighted by molar-refractivity contribution is 0.313. The average molecular weight is 249 g/mol. The first-order chi connectivity index (χ1) is 8.08. The van der Waals surface area contributed by atoms with Crippen LogP contribution >= 0.6 is 12.2 Å². The number of benzene rings is 1. The Bertz CT molecular complexity index is 423. The molecule has 0 bridgehead atoms. The first kappa shape index (κ1) is 12.3. The fourth-order valence-corrected chi connectivity index (χ4v) is 2.33. The van der Waals surface area contributed by atoms with Gasteiger partial charge in [0.05, 0.1) is 0 Å². The number of nitrogens with two attached hydrogens (primary N) is 1. The van der Waals surface area contributed by atoms with E-state index in [1.807, 2.05) is 6.07 Å². The van der Waals surface area contributed by atoms with Crippen LogP contribution in [-0.2, 0) is 0 Å². The minimum Gasteiger partial charge on any atom is -0.389 e. The zero-order valence-corrected chi connectivity index (χ0v) is 11.3. The predicted octanol–water partition coefficient (Wildman–Crippen LogP) is 1.38. The van der Waals surface area contributed by atoms with Crippen LogP contribution in [-0.4, -0.2) is 43.1 Å². The van der Waals surface area contributed by atoms with Crippen molar-refractivity contribution in [3.05, 3.63) is 29.3 Å². The maximum Gasteiger partial charge on any atom is 0.106 e. The molecule has 1 aromatic rings. The zero-order chi connectivity index (χ0) is 12.4. The van der Waals surface area contributed by atoms with E-state index in [9.17, 15) is 0 Å². The molecule has 0 atom stereocenters. The highest BCUT2D eigenvalue weighted by molar-refractivity contribution is 7.80. The number of hydrogen-bond acceptors (Lipinski definition) is 3. The molecule has 1 aliphatic rings. The second-order valence-corrected chi connectivity index (χ2v) is 5.12. The Morgan fingerprint density at radius 3 is 2.47 bits per heavy atom. The van der Waals surface area contributed by atoms with Crippen LogP contribution in [0.2, 0.25) is 0 Å². The molecule has 2 rings (SSSR count). The Morgan fingerprint density at radius 2 is 1.88 bits per heavy atom. The van der Waals surface area contributed by atoms with Gasteiger partial charge < -0.3 is 15.5 Å². The maximum absolute atomic E-state index is 5.79. The maximum atomic E-state index is 5.79. The predicted molar refractivity (Wildman–Crippen MR) is 76.8 cm³/mol. The summed E-state index contributed by atoms with van der Waals surface area (Å²) in [7, 11) is 2.15. The van der Waals surface area contributed by atoms with E-state index in [2.05, 4.69) is 35.9 Å². The molecule has 3 nitrogen and oxygen atoms in total. The van der Waals surface area contributed by atoms with E-state index in [4.69, 9.17) is 18.0 Å². The Morgan fingerprint density at radius 1 is 1.24 bits per heavy atom. The summed E-state index contributed by atoms with van der Waals surface area (Å²) in [6, 6.07) is 6.28. The molecule has 0 aromatic heterocycles. The van der Waals surface area contributed by atoms with Gasteiger partial charge in [0, 0.05) is 37.4 Å². The number of likely N-dealkylation sites (N-methyl/N-ethyl adjacent to an activating group) is 1. The van der Waals surface area contributed by atoms with Crippen LogP contribution in [0.15, 0.2) is 18.2 Å². The molecule has 0 unspecified atom stereocenters. The van der Waals surface area contributed by atoms with Crippen molar-refractivity contribution in [1.82, 2.24) is 4.90 Å². The summed E-state index contributed by atoms with van der Waals surface area (Å²) in [6.07, 6.45) is 0. The van der Waals surface area contributed by atoms with Crippen LogP contribution in [0.5, 0.6) is 0 Å². The summed E-state index contributed by atoms with van der Waals surface area (Å²) < 4.78 is 0. The number of hydrogen-bond donors (Lipinski definition) is 1. The van der Waals surface area contributed by atoms with Crippen LogP contribution in [0.25, 0.3) is 0 Å². The number of thiocarbonyl (C=S) groups is 1. The monoisotopic (exact) mass is 249 g/mol. The fourth-order valence-electron chi connectivity index (χ4n) is 2.16. The van der Waals surface area contributed by atoms with Crippen molar-refractivity contribution in [2.75, 3.05) is 38.1 Å². The molecule has 2 N–H and O–H groups in total. The third kappa shape index (κ3) is 2.76.